The van der Waals surface area contributed by atoms with Crippen LogP contribution >= 0.6 is 0 Å². The molecule has 2 amide bonds. The number of nitrogens with zero attached hydrogens (tertiary/aromatic N) is 1. The first kappa shape index (κ1) is 18.9. The third kappa shape index (κ3) is 5.55. The molecule has 0 spiro atoms. The van der Waals surface area contributed by atoms with Crippen LogP contribution in [0.4, 0.5) is 20.6 Å². The van der Waals surface area contributed by atoms with E-state index in [9.17, 15) is 14.0 Å². The van der Waals surface area contributed by atoms with Gasteiger partial charge in [-0.15, -0.1) is 0 Å². The maximum Gasteiger partial charge on any atom is 0.414 e. The van der Waals surface area contributed by atoms with Gasteiger partial charge in [-0.2, -0.15) is 0 Å². The van der Waals surface area contributed by atoms with Gasteiger partial charge < -0.3 is 20.5 Å². The lowest BCUT2D eigenvalue weighted by atomic mass is 10.2. The van der Waals surface area contributed by atoms with E-state index in [4.69, 9.17) is 9.84 Å². The van der Waals surface area contributed by atoms with Crippen molar-refractivity contribution < 1.29 is 23.8 Å². The molecular formula is C15H22FN5O4. The lowest BCUT2D eigenvalue weighted by Gasteiger charge is -2.15. The Kier molecular flexibility index (Phi) is 6.92. The molecule has 1 aliphatic heterocycles. The van der Waals surface area contributed by atoms with Gasteiger partial charge in [0.15, 0.2) is 0 Å². The second kappa shape index (κ2) is 9.16. The van der Waals surface area contributed by atoms with Gasteiger partial charge in [0.2, 0.25) is 5.91 Å². The quantitative estimate of drug-likeness (QED) is 0.236. The van der Waals surface area contributed by atoms with Crippen LogP contribution in [0.3, 0.4) is 0 Å². The van der Waals surface area contributed by atoms with Crippen molar-refractivity contribution in [3.05, 3.63) is 24.0 Å². The number of hydrogen-bond donors (Lipinski definition) is 5. The number of aliphatic hydroxyl groups is 1. The van der Waals surface area contributed by atoms with E-state index in [1.165, 1.54) is 24.0 Å². The summed E-state index contributed by atoms with van der Waals surface area (Å²) in [4.78, 5) is 24.1. The number of carbonyl (C=O) groups excluding carboxylic acids is 2. The zero-order chi connectivity index (χ0) is 18.2. The monoisotopic (exact) mass is 355 g/mol. The predicted molar refractivity (Wildman–Crippen MR) is 89.4 cm³/mol. The Morgan fingerprint density at radius 2 is 2.24 bits per heavy atom. The SMILES string of the molecule is CC(=O)NC[C@H]1CN(c2ccc(NCNNCCO)c(F)c2)C(=O)O1. The number of carbonyl (C=O) groups is 2. The first-order valence-electron chi connectivity index (χ1n) is 7.84. The Balaban J connectivity index is 1.91. The Bertz CT molecular complexity index is 616. The fourth-order valence-electron chi connectivity index (χ4n) is 2.26. The summed E-state index contributed by atoms with van der Waals surface area (Å²) >= 11 is 0. The molecule has 0 aromatic heterocycles. The van der Waals surface area contributed by atoms with Crippen LogP contribution in [-0.4, -0.2) is 56.1 Å². The van der Waals surface area contributed by atoms with E-state index in [0.29, 0.717) is 12.2 Å². The standard InChI is InChI=1S/C15H22FN5O4/c1-10(23)17-7-12-8-21(15(24)25-12)11-2-3-14(13(16)6-11)18-9-20-19-4-5-22/h2-3,6,12,18-20,22H,4-5,7-9H2,1H3,(H,17,23)/t12-/m0/s1. The molecule has 25 heavy (non-hydrogen) atoms. The number of ether oxygens (including phenoxy) is 1. The molecule has 1 aliphatic rings. The third-order valence-electron chi connectivity index (χ3n) is 3.45. The number of nitrogens with one attached hydrogen (secondary N) is 4. The third-order valence-corrected chi connectivity index (χ3v) is 3.45. The maximum absolute atomic E-state index is 14.2. The number of rotatable bonds is 9. The van der Waals surface area contributed by atoms with Gasteiger partial charge in [-0.05, 0) is 18.2 Å². The van der Waals surface area contributed by atoms with Crippen LogP contribution in [0.15, 0.2) is 18.2 Å². The van der Waals surface area contributed by atoms with Crippen LogP contribution < -0.4 is 26.4 Å². The highest BCUT2D eigenvalue weighted by molar-refractivity contribution is 5.90. The predicted octanol–water partition coefficient (Wildman–Crippen LogP) is -0.257. The van der Waals surface area contributed by atoms with Gasteiger partial charge >= 0.3 is 6.09 Å². The van der Waals surface area contributed by atoms with Crippen LogP contribution in [0.1, 0.15) is 6.92 Å². The molecule has 5 N–H and O–H groups in total. The number of benzene rings is 1. The highest BCUT2D eigenvalue weighted by Crippen LogP contribution is 2.25. The number of cyclic esters (lactones) is 1. The minimum absolute atomic E-state index is 0.00901. The molecule has 10 heteroatoms. The molecule has 9 nitrogen and oxygen atoms in total. The molecular weight excluding hydrogens is 333 g/mol. The maximum atomic E-state index is 14.2. The Morgan fingerprint density at radius 3 is 2.92 bits per heavy atom. The highest BCUT2D eigenvalue weighted by Gasteiger charge is 2.32. The van der Waals surface area contributed by atoms with Gasteiger partial charge in [-0.3, -0.25) is 15.1 Å². The molecule has 0 aliphatic carbocycles. The molecule has 0 saturated carbocycles. The molecule has 1 aromatic rings. The molecule has 1 heterocycles. The summed E-state index contributed by atoms with van der Waals surface area (Å²) in [6, 6.07) is 4.37. The van der Waals surface area contributed by atoms with E-state index in [2.05, 4.69) is 21.5 Å². The number of anilines is 2. The number of aliphatic hydroxyl groups excluding tert-OH is 1. The van der Waals surface area contributed by atoms with E-state index in [0.717, 1.165) is 0 Å². The first-order chi connectivity index (χ1) is 12.0. The number of halogens is 1. The van der Waals surface area contributed by atoms with Crippen molar-refractivity contribution in [2.75, 3.05) is 43.1 Å². The van der Waals surface area contributed by atoms with E-state index in [-0.39, 0.29) is 38.0 Å². The van der Waals surface area contributed by atoms with Crippen molar-refractivity contribution in [1.29, 1.82) is 0 Å². The summed E-state index contributed by atoms with van der Waals surface area (Å²) in [6.45, 7) is 2.44. The minimum Gasteiger partial charge on any atom is -0.442 e. The minimum atomic E-state index is -0.578. The number of amides is 2. The average Bonchev–Trinajstić information content (AvgIpc) is 2.95. The van der Waals surface area contributed by atoms with Gasteiger partial charge in [0.1, 0.15) is 11.9 Å². The molecule has 1 aromatic carbocycles. The normalized spacial score (nSPS) is 16.7. The van der Waals surface area contributed by atoms with Crippen molar-refractivity contribution in [3.8, 4) is 0 Å². The topological polar surface area (TPSA) is 115 Å². The zero-order valence-corrected chi connectivity index (χ0v) is 13.8. The van der Waals surface area contributed by atoms with Crippen LogP contribution in [0.25, 0.3) is 0 Å². The Labute approximate surface area is 144 Å². The molecule has 1 saturated heterocycles. The molecule has 0 unspecified atom stereocenters. The summed E-state index contributed by atoms with van der Waals surface area (Å²) in [5, 5.41) is 14.0. The van der Waals surface area contributed by atoms with Gasteiger partial charge in [0.25, 0.3) is 0 Å². The summed E-state index contributed by atoms with van der Waals surface area (Å²) in [5.74, 6) is -0.724. The average molecular weight is 355 g/mol. The van der Waals surface area contributed by atoms with Gasteiger partial charge in [0.05, 0.1) is 37.7 Å². The molecule has 2 rings (SSSR count). The summed E-state index contributed by atoms with van der Waals surface area (Å²) in [7, 11) is 0. The van der Waals surface area contributed by atoms with Crippen molar-refractivity contribution in [3.63, 3.8) is 0 Å². The summed E-state index contributed by atoms with van der Waals surface area (Å²) < 4.78 is 19.3. The highest BCUT2D eigenvalue weighted by atomic mass is 19.1. The molecule has 1 atom stereocenters. The zero-order valence-electron chi connectivity index (χ0n) is 13.8. The fourth-order valence-corrected chi connectivity index (χ4v) is 2.26. The number of hydrazine groups is 1. The first-order valence-corrected chi connectivity index (χ1v) is 7.84. The summed E-state index contributed by atoms with van der Waals surface area (Å²) in [6.07, 6.45) is -1.05. The van der Waals surface area contributed by atoms with Crippen LogP contribution in [-0.2, 0) is 9.53 Å². The molecule has 1 fully saturated rings. The Hall–Kier alpha value is -2.43. The van der Waals surface area contributed by atoms with Crippen molar-refractivity contribution in [1.82, 2.24) is 16.2 Å². The van der Waals surface area contributed by atoms with Crippen molar-refractivity contribution >= 4 is 23.4 Å². The smallest absolute Gasteiger partial charge is 0.414 e. The second-order valence-electron chi connectivity index (χ2n) is 5.40. The number of hydrogen-bond acceptors (Lipinski definition) is 7. The van der Waals surface area contributed by atoms with Crippen LogP contribution in [0, 0.1) is 5.82 Å². The van der Waals surface area contributed by atoms with Gasteiger partial charge in [-0.25, -0.2) is 14.6 Å². The van der Waals surface area contributed by atoms with E-state index >= 15 is 0 Å². The lowest BCUT2D eigenvalue weighted by molar-refractivity contribution is -0.119. The van der Waals surface area contributed by atoms with E-state index in [1.807, 2.05) is 0 Å². The van der Waals surface area contributed by atoms with Crippen molar-refractivity contribution in [2.45, 2.75) is 13.0 Å². The molecule has 0 bridgehead atoms. The second-order valence-corrected chi connectivity index (χ2v) is 5.40. The van der Waals surface area contributed by atoms with E-state index in [1.54, 1.807) is 6.07 Å². The lowest BCUT2D eigenvalue weighted by Crippen LogP contribution is -2.37. The van der Waals surface area contributed by atoms with Gasteiger partial charge in [-0.1, -0.05) is 0 Å². The largest absolute Gasteiger partial charge is 0.442 e. The van der Waals surface area contributed by atoms with E-state index < -0.39 is 18.0 Å². The van der Waals surface area contributed by atoms with Gasteiger partial charge in [0, 0.05) is 13.5 Å². The Morgan fingerprint density at radius 1 is 1.44 bits per heavy atom. The van der Waals surface area contributed by atoms with Crippen LogP contribution in [0.5, 0.6) is 0 Å². The molecule has 0 radical (unpaired) electrons. The van der Waals surface area contributed by atoms with Crippen LogP contribution in [0.2, 0.25) is 0 Å². The molecule has 138 valence electrons. The summed E-state index contributed by atoms with van der Waals surface area (Å²) in [5.41, 5.74) is 6.14. The van der Waals surface area contributed by atoms with Crippen molar-refractivity contribution in [2.24, 2.45) is 0 Å². The fraction of sp³-hybridized carbons (Fsp3) is 0.467.